The molecule has 0 aliphatic carbocycles. The van der Waals surface area contributed by atoms with Crippen molar-refractivity contribution in [3.63, 3.8) is 0 Å². The Morgan fingerprint density at radius 1 is 1.00 bits per heavy atom. The maximum absolute atomic E-state index is 13.5. The largest absolute Gasteiger partial charge is 0.483 e. The number of nitrogens with one attached hydrogen (secondary N) is 1. The monoisotopic (exact) mass is 633 g/mol. The van der Waals surface area contributed by atoms with Crippen LogP contribution in [0, 0.1) is 25.6 Å². The molecule has 9 heteroatoms. The molecule has 0 heterocycles. The van der Waals surface area contributed by atoms with E-state index in [4.69, 9.17) is 4.74 Å². The average Bonchev–Trinajstić information content (AvgIpc) is 2.87. The zero-order valence-electron chi connectivity index (χ0n) is 23.2. The van der Waals surface area contributed by atoms with Crippen LogP contribution in [0.2, 0.25) is 0 Å². The predicted octanol–water partition coefficient (Wildman–Crippen LogP) is 5.95. The van der Waals surface area contributed by atoms with E-state index in [9.17, 15) is 22.7 Å². The number of ether oxygens (including phenoxy) is 1. The Balaban J connectivity index is 1.83. The minimum Gasteiger partial charge on any atom is -0.483 e. The number of aliphatic hydroxyl groups is 1. The highest BCUT2D eigenvalue weighted by molar-refractivity contribution is 9.10. The molecule has 40 heavy (non-hydrogen) atoms. The van der Waals surface area contributed by atoms with Gasteiger partial charge in [-0.25, -0.2) is 12.8 Å². The van der Waals surface area contributed by atoms with Crippen molar-refractivity contribution in [1.29, 1.82) is 0 Å². The lowest BCUT2D eigenvalue weighted by molar-refractivity contribution is -0.124. The molecular formula is C31H37BrFNO5S. The van der Waals surface area contributed by atoms with Crippen LogP contribution in [-0.2, 0) is 21.1 Å². The molecule has 1 amide bonds. The van der Waals surface area contributed by atoms with Crippen molar-refractivity contribution in [2.45, 2.75) is 69.2 Å². The molecule has 3 atom stereocenters. The number of rotatable bonds is 13. The third-order valence-electron chi connectivity index (χ3n) is 6.73. The number of carbonyl (C=O) groups is 1. The number of amides is 1. The Hall–Kier alpha value is -2.75. The van der Waals surface area contributed by atoms with Crippen molar-refractivity contribution < 1.29 is 27.4 Å². The number of sulfone groups is 1. The lowest BCUT2D eigenvalue weighted by atomic mass is 9.95. The Labute approximate surface area is 245 Å². The van der Waals surface area contributed by atoms with E-state index >= 15 is 0 Å². The highest BCUT2D eigenvalue weighted by Crippen LogP contribution is 2.27. The summed E-state index contributed by atoms with van der Waals surface area (Å²) in [7, 11) is -3.88. The van der Waals surface area contributed by atoms with Gasteiger partial charge in [-0.15, -0.1) is 0 Å². The van der Waals surface area contributed by atoms with Gasteiger partial charge in [0.1, 0.15) is 11.6 Å². The second-order valence-corrected chi connectivity index (χ2v) is 13.7. The van der Waals surface area contributed by atoms with Crippen LogP contribution in [-0.4, -0.2) is 43.4 Å². The predicted molar refractivity (Wildman–Crippen MR) is 159 cm³/mol. The van der Waals surface area contributed by atoms with E-state index in [2.05, 4.69) is 21.2 Å². The molecule has 0 aromatic heterocycles. The number of carbonyl (C=O) groups excluding carboxylic acids is 1. The van der Waals surface area contributed by atoms with Gasteiger partial charge in [-0.3, -0.25) is 4.79 Å². The number of para-hydroxylation sites is 1. The van der Waals surface area contributed by atoms with E-state index in [1.54, 1.807) is 0 Å². The molecule has 6 nitrogen and oxygen atoms in total. The second kappa shape index (κ2) is 14.2. The zero-order valence-corrected chi connectivity index (χ0v) is 25.6. The van der Waals surface area contributed by atoms with Crippen molar-refractivity contribution in [3.05, 3.63) is 93.7 Å². The number of benzene rings is 3. The summed E-state index contributed by atoms with van der Waals surface area (Å²) in [5.74, 6) is -0.303. The molecule has 0 saturated heterocycles. The quantitative estimate of drug-likeness (QED) is 0.227. The number of aliphatic hydroxyl groups excluding tert-OH is 1. The molecule has 0 aliphatic rings. The summed E-state index contributed by atoms with van der Waals surface area (Å²) in [4.78, 5) is 13.0. The maximum Gasteiger partial charge on any atom is 0.258 e. The summed E-state index contributed by atoms with van der Waals surface area (Å²) in [6.07, 6.45) is -0.707. The molecule has 0 fully saturated rings. The van der Waals surface area contributed by atoms with Gasteiger partial charge in [0.15, 0.2) is 16.4 Å². The summed E-state index contributed by atoms with van der Waals surface area (Å²) in [5.41, 5.74) is 2.67. The SMILES string of the molecule is Cc1cccc(C)c1OCC(=O)NC(Cc1cccc(Br)c1)[C@H](O)C[C@H](CC(C)C)S(=O)(=O)c1ccc(F)cc1. The van der Waals surface area contributed by atoms with Crippen LogP contribution < -0.4 is 10.1 Å². The zero-order chi connectivity index (χ0) is 29.4. The van der Waals surface area contributed by atoms with Crippen LogP contribution in [0.4, 0.5) is 4.39 Å². The summed E-state index contributed by atoms with van der Waals surface area (Å²) < 4.78 is 47.2. The molecule has 2 N–H and O–H groups in total. The van der Waals surface area contributed by atoms with Crippen LogP contribution >= 0.6 is 15.9 Å². The van der Waals surface area contributed by atoms with Crippen LogP contribution in [0.25, 0.3) is 0 Å². The molecule has 0 saturated carbocycles. The van der Waals surface area contributed by atoms with Gasteiger partial charge < -0.3 is 15.2 Å². The van der Waals surface area contributed by atoms with E-state index in [0.29, 0.717) is 12.2 Å². The Kier molecular flexibility index (Phi) is 11.3. The molecule has 3 rings (SSSR count). The van der Waals surface area contributed by atoms with Gasteiger partial charge in [0, 0.05) is 4.47 Å². The maximum atomic E-state index is 13.5. The molecule has 216 valence electrons. The van der Waals surface area contributed by atoms with Crippen LogP contribution in [0.1, 0.15) is 43.4 Å². The highest BCUT2D eigenvalue weighted by atomic mass is 79.9. The molecule has 3 aromatic rings. The van der Waals surface area contributed by atoms with E-state index < -0.39 is 39.0 Å². The van der Waals surface area contributed by atoms with Crippen molar-refractivity contribution >= 4 is 31.7 Å². The Morgan fingerprint density at radius 3 is 2.23 bits per heavy atom. The summed E-state index contributed by atoms with van der Waals surface area (Å²) >= 11 is 3.45. The van der Waals surface area contributed by atoms with Gasteiger partial charge in [0.2, 0.25) is 0 Å². The van der Waals surface area contributed by atoms with E-state index in [1.165, 1.54) is 12.1 Å². The lowest BCUT2D eigenvalue weighted by Gasteiger charge is -2.29. The smallest absolute Gasteiger partial charge is 0.258 e. The molecule has 0 radical (unpaired) electrons. The van der Waals surface area contributed by atoms with Crippen LogP contribution in [0.3, 0.4) is 0 Å². The number of aryl methyl sites for hydroxylation is 2. The van der Waals surface area contributed by atoms with E-state index in [-0.39, 0.29) is 30.3 Å². The van der Waals surface area contributed by atoms with Gasteiger partial charge >= 0.3 is 0 Å². The first kappa shape index (κ1) is 31.8. The minimum atomic E-state index is -3.88. The minimum absolute atomic E-state index is 0.00123. The van der Waals surface area contributed by atoms with Crippen LogP contribution in [0.5, 0.6) is 5.75 Å². The van der Waals surface area contributed by atoms with E-state index in [1.807, 2.05) is 70.2 Å². The van der Waals surface area contributed by atoms with Crippen molar-refractivity contribution in [2.75, 3.05) is 6.61 Å². The molecule has 3 aromatic carbocycles. The summed E-state index contributed by atoms with van der Waals surface area (Å²) in [6.45, 7) is 7.36. The molecule has 1 unspecified atom stereocenters. The van der Waals surface area contributed by atoms with Gasteiger partial charge in [0.05, 0.1) is 22.3 Å². The van der Waals surface area contributed by atoms with Crippen LogP contribution in [0.15, 0.2) is 76.1 Å². The number of hydrogen-bond acceptors (Lipinski definition) is 5. The first-order chi connectivity index (χ1) is 18.9. The molecule has 0 spiro atoms. The van der Waals surface area contributed by atoms with Gasteiger partial charge in [-0.05, 0) is 92.1 Å². The Morgan fingerprint density at radius 2 is 1.62 bits per heavy atom. The summed E-state index contributed by atoms with van der Waals surface area (Å²) in [6, 6.07) is 17.2. The molecule has 0 aliphatic heterocycles. The fourth-order valence-corrected chi connectivity index (χ4v) is 7.18. The number of halogens is 2. The number of hydrogen-bond donors (Lipinski definition) is 2. The van der Waals surface area contributed by atoms with Crippen molar-refractivity contribution in [1.82, 2.24) is 5.32 Å². The normalized spacial score (nSPS) is 14.0. The molecular weight excluding hydrogens is 597 g/mol. The van der Waals surface area contributed by atoms with Gasteiger partial charge in [-0.1, -0.05) is 60.1 Å². The first-order valence-electron chi connectivity index (χ1n) is 13.3. The van der Waals surface area contributed by atoms with Gasteiger partial charge in [0.25, 0.3) is 5.91 Å². The third-order valence-corrected chi connectivity index (χ3v) is 9.42. The fourth-order valence-electron chi connectivity index (χ4n) is 4.74. The van der Waals surface area contributed by atoms with Gasteiger partial charge in [-0.2, -0.15) is 0 Å². The van der Waals surface area contributed by atoms with Crippen molar-refractivity contribution in [3.8, 4) is 5.75 Å². The first-order valence-corrected chi connectivity index (χ1v) is 15.6. The second-order valence-electron chi connectivity index (χ2n) is 10.6. The fraction of sp³-hybridized carbons (Fsp3) is 0.387. The lowest BCUT2D eigenvalue weighted by Crippen LogP contribution is -2.48. The standard InChI is InChI=1S/C31H37BrFNO5S/c1-20(2)15-27(40(37,38)26-13-11-25(33)12-14-26)18-29(35)28(17-23-9-6-10-24(32)16-23)34-30(36)19-39-31-21(3)7-5-8-22(31)4/h5-14,16,20,27-29,35H,15,17-19H2,1-4H3,(H,34,36)/t27-,28?,29+/m0/s1. The summed E-state index contributed by atoms with van der Waals surface area (Å²) in [5, 5.41) is 13.4. The van der Waals surface area contributed by atoms with E-state index in [0.717, 1.165) is 33.3 Å². The molecule has 0 bridgehead atoms. The van der Waals surface area contributed by atoms with Crippen molar-refractivity contribution in [2.24, 2.45) is 5.92 Å². The topological polar surface area (TPSA) is 92.7 Å². The Bertz CT molecular complexity index is 1370. The average molecular weight is 635 g/mol. The highest BCUT2D eigenvalue weighted by Gasteiger charge is 2.33. The third kappa shape index (κ3) is 8.88.